The molecule has 1 aromatic rings. The van der Waals surface area contributed by atoms with Gasteiger partial charge in [0.1, 0.15) is 11.8 Å². The van der Waals surface area contributed by atoms with Crippen molar-refractivity contribution in [1.82, 2.24) is 0 Å². The number of hydrogen-bond donors (Lipinski definition) is 1. The lowest BCUT2D eigenvalue weighted by atomic mass is 10.1. The van der Waals surface area contributed by atoms with Crippen LogP contribution in [0.2, 0.25) is 0 Å². The molecule has 0 fully saturated rings. The standard InChI is InChI=1S/C12H13NO3S/c1-3-16-11(14)6-9-10(17)5-4-8(7-13)12(9)15-2/h4-5,17H,3,6H2,1-2H3. The number of benzene rings is 1. The van der Waals surface area contributed by atoms with Crippen LogP contribution < -0.4 is 4.74 Å². The Morgan fingerprint density at radius 2 is 2.24 bits per heavy atom. The average Bonchev–Trinajstić information content (AvgIpc) is 2.31. The fourth-order valence-electron chi connectivity index (χ4n) is 1.47. The quantitative estimate of drug-likeness (QED) is 0.656. The van der Waals surface area contributed by atoms with Crippen LogP contribution in [0.4, 0.5) is 0 Å². The van der Waals surface area contributed by atoms with Gasteiger partial charge < -0.3 is 9.47 Å². The molecule has 90 valence electrons. The van der Waals surface area contributed by atoms with Gasteiger partial charge in [-0.1, -0.05) is 0 Å². The molecule has 0 spiro atoms. The van der Waals surface area contributed by atoms with Crippen LogP contribution in [0, 0.1) is 11.3 Å². The van der Waals surface area contributed by atoms with Crippen molar-refractivity contribution in [3.05, 3.63) is 23.3 Å². The predicted molar refractivity (Wildman–Crippen MR) is 65.3 cm³/mol. The van der Waals surface area contributed by atoms with E-state index in [1.807, 2.05) is 6.07 Å². The van der Waals surface area contributed by atoms with Crippen molar-refractivity contribution >= 4 is 18.6 Å². The minimum atomic E-state index is -0.365. The summed E-state index contributed by atoms with van der Waals surface area (Å²) in [6.07, 6.45) is 0.0470. The fraction of sp³-hybridized carbons (Fsp3) is 0.333. The van der Waals surface area contributed by atoms with Crippen molar-refractivity contribution in [2.45, 2.75) is 18.2 Å². The van der Waals surface area contributed by atoms with Crippen LogP contribution in [0.15, 0.2) is 17.0 Å². The molecule has 1 aromatic carbocycles. The molecule has 0 N–H and O–H groups in total. The predicted octanol–water partition coefficient (Wildman–Crippen LogP) is 1.96. The van der Waals surface area contributed by atoms with E-state index in [9.17, 15) is 4.79 Å². The maximum absolute atomic E-state index is 11.4. The monoisotopic (exact) mass is 251 g/mol. The lowest BCUT2D eigenvalue weighted by Gasteiger charge is -2.11. The number of methoxy groups -OCH3 is 1. The molecule has 0 saturated heterocycles. The second kappa shape index (κ2) is 6.16. The Morgan fingerprint density at radius 3 is 2.76 bits per heavy atom. The van der Waals surface area contributed by atoms with Crippen LogP contribution in [0.1, 0.15) is 18.1 Å². The van der Waals surface area contributed by atoms with E-state index in [2.05, 4.69) is 12.6 Å². The Kier molecular flexibility index (Phi) is 4.85. The van der Waals surface area contributed by atoms with E-state index in [1.165, 1.54) is 7.11 Å². The van der Waals surface area contributed by atoms with Crippen molar-refractivity contribution < 1.29 is 14.3 Å². The first kappa shape index (κ1) is 13.4. The first-order chi connectivity index (χ1) is 8.13. The molecule has 0 aliphatic heterocycles. The average molecular weight is 251 g/mol. The van der Waals surface area contributed by atoms with E-state index in [0.717, 1.165) is 0 Å². The normalized spacial score (nSPS) is 9.53. The lowest BCUT2D eigenvalue weighted by molar-refractivity contribution is -0.142. The second-order valence-corrected chi connectivity index (χ2v) is 3.72. The maximum Gasteiger partial charge on any atom is 0.310 e. The highest BCUT2D eigenvalue weighted by Crippen LogP contribution is 2.29. The van der Waals surface area contributed by atoms with Gasteiger partial charge in [-0.25, -0.2) is 0 Å². The molecule has 0 saturated carbocycles. The summed E-state index contributed by atoms with van der Waals surface area (Å²) in [5.74, 6) is 0.0178. The molecule has 0 radical (unpaired) electrons. The first-order valence-corrected chi connectivity index (χ1v) is 5.53. The SMILES string of the molecule is CCOC(=O)Cc1c(S)ccc(C#N)c1OC. The highest BCUT2D eigenvalue weighted by atomic mass is 32.1. The van der Waals surface area contributed by atoms with E-state index in [0.29, 0.717) is 28.4 Å². The zero-order valence-corrected chi connectivity index (χ0v) is 10.6. The van der Waals surface area contributed by atoms with E-state index in [-0.39, 0.29) is 12.4 Å². The highest BCUT2D eigenvalue weighted by molar-refractivity contribution is 7.80. The number of nitrogens with zero attached hydrogens (tertiary/aromatic N) is 1. The molecule has 0 amide bonds. The summed E-state index contributed by atoms with van der Waals surface area (Å²) in [6.45, 7) is 2.06. The van der Waals surface area contributed by atoms with Crippen LogP contribution in [0.5, 0.6) is 5.75 Å². The Balaban J connectivity index is 3.13. The Bertz CT molecular complexity index is 466. The number of ether oxygens (including phenoxy) is 2. The summed E-state index contributed by atoms with van der Waals surface area (Å²) in [5, 5.41) is 8.93. The molecule has 0 aliphatic rings. The molecule has 0 aliphatic carbocycles. The van der Waals surface area contributed by atoms with Gasteiger partial charge in [0, 0.05) is 10.5 Å². The number of carbonyl (C=O) groups is 1. The number of thiol groups is 1. The summed E-state index contributed by atoms with van der Waals surface area (Å²) in [6, 6.07) is 5.28. The molecule has 17 heavy (non-hydrogen) atoms. The molecule has 4 nitrogen and oxygen atoms in total. The van der Waals surface area contributed by atoms with Crippen molar-refractivity contribution in [1.29, 1.82) is 5.26 Å². The van der Waals surface area contributed by atoms with E-state index >= 15 is 0 Å². The third-order valence-corrected chi connectivity index (χ3v) is 2.61. The zero-order valence-electron chi connectivity index (χ0n) is 9.69. The molecule has 0 atom stereocenters. The lowest BCUT2D eigenvalue weighted by Crippen LogP contribution is -2.09. The summed E-state index contributed by atoms with van der Waals surface area (Å²) >= 11 is 4.25. The molecule has 0 aromatic heterocycles. The molecular formula is C12H13NO3S. The number of hydrogen-bond acceptors (Lipinski definition) is 5. The topological polar surface area (TPSA) is 59.3 Å². The molecular weight excluding hydrogens is 238 g/mol. The van der Waals surface area contributed by atoms with E-state index in [1.54, 1.807) is 19.1 Å². The molecule has 0 bridgehead atoms. The Hall–Kier alpha value is -1.67. The van der Waals surface area contributed by atoms with Crippen molar-refractivity contribution in [3.63, 3.8) is 0 Å². The summed E-state index contributed by atoms with van der Waals surface area (Å²) in [5.41, 5.74) is 0.956. The Morgan fingerprint density at radius 1 is 1.53 bits per heavy atom. The van der Waals surface area contributed by atoms with Crippen LogP contribution >= 0.6 is 12.6 Å². The minimum Gasteiger partial charge on any atom is -0.495 e. The van der Waals surface area contributed by atoms with Gasteiger partial charge in [-0.15, -0.1) is 12.6 Å². The molecule has 1 rings (SSSR count). The summed E-state index contributed by atoms with van der Waals surface area (Å²) in [4.78, 5) is 12.0. The van der Waals surface area contributed by atoms with Gasteiger partial charge in [-0.2, -0.15) is 5.26 Å². The number of rotatable bonds is 4. The zero-order chi connectivity index (χ0) is 12.8. The van der Waals surface area contributed by atoms with E-state index < -0.39 is 0 Å². The highest BCUT2D eigenvalue weighted by Gasteiger charge is 2.16. The van der Waals surface area contributed by atoms with Crippen LogP contribution in [0.25, 0.3) is 0 Å². The molecule has 5 heteroatoms. The van der Waals surface area contributed by atoms with Gasteiger partial charge in [0.25, 0.3) is 0 Å². The van der Waals surface area contributed by atoms with Gasteiger partial charge >= 0.3 is 5.97 Å². The van der Waals surface area contributed by atoms with Crippen LogP contribution in [-0.4, -0.2) is 19.7 Å². The summed E-state index contributed by atoms with van der Waals surface area (Å²) in [7, 11) is 1.46. The third kappa shape index (κ3) is 3.14. The van der Waals surface area contributed by atoms with Gasteiger partial charge in [-0.3, -0.25) is 4.79 Å². The molecule has 0 unspecified atom stereocenters. The van der Waals surface area contributed by atoms with Crippen molar-refractivity contribution in [3.8, 4) is 11.8 Å². The smallest absolute Gasteiger partial charge is 0.310 e. The van der Waals surface area contributed by atoms with Gasteiger partial charge in [-0.05, 0) is 19.1 Å². The number of esters is 1. The second-order valence-electron chi connectivity index (χ2n) is 3.24. The maximum atomic E-state index is 11.4. The number of nitriles is 1. The van der Waals surface area contributed by atoms with Gasteiger partial charge in [0.15, 0.2) is 0 Å². The number of carbonyl (C=O) groups excluding carboxylic acids is 1. The van der Waals surface area contributed by atoms with Gasteiger partial charge in [0.2, 0.25) is 0 Å². The largest absolute Gasteiger partial charge is 0.495 e. The van der Waals surface area contributed by atoms with Crippen LogP contribution in [0.3, 0.4) is 0 Å². The van der Waals surface area contributed by atoms with Crippen molar-refractivity contribution in [2.75, 3.05) is 13.7 Å². The summed E-state index contributed by atoms with van der Waals surface area (Å²) < 4.78 is 10.0. The van der Waals surface area contributed by atoms with E-state index in [4.69, 9.17) is 14.7 Å². The first-order valence-electron chi connectivity index (χ1n) is 5.08. The third-order valence-electron chi connectivity index (χ3n) is 2.19. The molecule has 0 heterocycles. The van der Waals surface area contributed by atoms with Crippen LogP contribution in [-0.2, 0) is 16.0 Å². The Labute approximate surface area is 106 Å². The minimum absolute atomic E-state index is 0.0470. The van der Waals surface area contributed by atoms with Gasteiger partial charge in [0.05, 0.1) is 25.7 Å². The van der Waals surface area contributed by atoms with Crippen molar-refractivity contribution in [2.24, 2.45) is 0 Å². The fourth-order valence-corrected chi connectivity index (χ4v) is 1.72.